The van der Waals surface area contributed by atoms with Gasteiger partial charge in [-0.2, -0.15) is 0 Å². The van der Waals surface area contributed by atoms with Crippen molar-refractivity contribution in [2.45, 2.75) is 20.8 Å². The molecule has 3 heteroatoms. The van der Waals surface area contributed by atoms with E-state index in [1.165, 1.54) is 6.08 Å². The highest BCUT2D eigenvalue weighted by atomic mass is 16.4. The SMILES string of the molecule is C=C/C=C(\C=C/C)B(O)O.CC. The molecule has 0 aliphatic rings. The number of hydrogen-bond acceptors (Lipinski definition) is 2. The molecule has 0 aliphatic heterocycles. The molecule has 2 N–H and O–H groups in total. The lowest BCUT2D eigenvalue weighted by atomic mass is 9.79. The molecule has 2 nitrogen and oxygen atoms in total. The zero-order valence-electron chi connectivity index (χ0n) is 7.99. The highest BCUT2D eigenvalue weighted by Gasteiger charge is 2.09. The third-order valence-electron chi connectivity index (χ3n) is 0.968. The molecule has 0 saturated heterocycles. The van der Waals surface area contributed by atoms with E-state index in [0.717, 1.165) is 0 Å². The van der Waals surface area contributed by atoms with Crippen LogP contribution in [0.2, 0.25) is 0 Å². The molecule has 0 atom stereocenters. The Bertz CT molecular complexity index is 160. The minimum Gasteiger partial charge on any atom is -0.423 e. The standard InChI is InChI=1S/C7H11BO2.C2H6/c1-3-5-7(6-4-2)8(9)10;1-2/h3-6,9-10H,1H2,2H3;1-2H3/b6-4-,7-5+;. The van der Waals surface area contributed by atoms with Gasteiger partial charge >= 0.3 is 7.12 Å². The van der Waals surface area contributed by atoms with E-state index in [0.29, 0.717) is 5.47 Å². The van der Waals surface area contributed by atoms with Crippen LogP contribution in [-0.4, -0.2) is 17.2 Å². The maximum absolute atomic E-state index is 8.66. The Morgan fingerprint density at radius 3 is 2.08 bits per heavy atom. The van der Waals surface area contributed by atoms with Crippen molar-refractivity contribution in [3.63, 3.8) is 0 Å². The highest BCUT2D eigenvalue weighted by Crippen LogP contribution is 1.97. The van der Waals surface area contributed by atoms with Gasteiger partial charge in [0.15, 0.2) is 0 Å². The summed E-state index contributed by atoms with van der Waals surface area (Å²) in [6.45, 7) is 9.24. The summed E-state index contributed by atoms with van der Waals surface area (Å²) in [7, 11) is -1.41. The fourth-order valence-electron chi connectivity index (χ4n) is 0.556. The fourth-order valence-corrected chi connectivity index (χ4v) is 0.556. The maximum atomic E-state index is 8.66. The van der Waals surface area contributed by atoms with Gasteiger partial charge in [-0.3, -0.25) is 0 Å². The zero-order valence-corrected chi connectivity index (χ0v) is 7.99. The first-order valence-electron chi connectivity index (χ1n) is 4.03. The van der Waals surface area contributed by atoms with Crippen LogP contribution in [-0.2, 0) is 0 Å². The Morgan fingerprint density at radius 2 is 1.83 bits per heavy atom. The molecule has 0 spiro atoms. The van der Waals surface area contributed by atoms with Crippen LogP contribution >= 0.6 is 0 Å². The number of hydrogen-bond donors (Lipinski definition) is 2. The van der Waals surface area contributed by atoms with Gasteiger partial charge in [0.1, 0.15) is 0 Å². The molecule has 0 unspecified atom stereocenters. The largest absolute Gasteiger partial charge is 0.488 e. The van der Waals surface area contributed by atoms with Crippen molar-refractivity contribution in [3.05, 3.63) is 36.4 Å². The Labute approximate surface area is 75.1 Å². The van der Waals surface area contributed by atoms with Crippen LogP contribution < -0.4 is 0 Å². The molecule has 0 bridgehead atoms. The van der Waals surface area contributed by atoms with Crippen LogP contribution in [0.4, 0.5) is 0 Å². The van der Waals surface area contributed by atoms with Gasteiger partial charge in [-0.1, -0.05) is 44.7 Å². The minimum atomic E-state index is -1.41. The summed E-state index contributed by atoms with van der Waals surface area (Å²) in [5, 5.41) is 17.3. The average Bonchev–Trinajstić information content (AvgIpc) is 2.08. The van der Waals surface area contributed by atoms with Gasteiger partial charge < -0.3 is 10.0 Å². The molecular weight excluding hydrogens is 151 g/mol. The molecular formula is C9H17BO2. The van der Waals surface area contributed by atoms with E-state index >= 15 is 0 Å². The summed E-state index contributed by atoms with van der Waals surface area (Å²) in [5.41, 5.74) is 0.442. The number of rotatable bonds is 3. The Balaban J connectivity index is 0. The summed E-state index contributed by atoms with van der Waals surface area (Å²) in [6, 6.07) is 0. The lowest BCUT2D eigenvalue weighted by Crippen LogP contribution is -2.13. The van der Waals surface area contributed by atoms with Gasteiger partial charge in [-0.25, -0.2) is 0 Å². The normalized spacial score (nSPS) is 10.6. The molecule has 0 radical (unpaired) electrons. The second-order valence-corrected chi connectivity index (χ2v) is 1.78. The van der Waals surface area contributed by atoms with Gasteiger partial charge in [0, 0.05) is 0 Å². The van der Waals surface area contributed by atoms with E-state index in [1.54, 1.807) is 25.2 Å². The molecule has 0 heterocycles. The van der Waals surface area contributed by atoms with Crippen molar-refractivity contribution in [2.24, 2.45) is 0 Å². The Morgan fingerprint density at radius 1 is 1.33 bits per heavy atom. The molecule has 0 rings (SSSR count). The van der Waals surface area contributed by atoms with Crippen LogP contribution in [0.5, 0.6) is 0 Å². The summed E-state index contributed by atoms with van der Waals surface area (Å²) in [4.78, 5) is 0. The fraction of sp³-hybridized carbons (Fsp3) is 0.333. The van der Waals surface area contributed by atoms with E-state index in [9.17, 15) is 0 Å². The molecule has 0 amide bonds. The highest BCUT2D eigenvalue weighted by molar-refractivity contribution is 6.51. The molecule has 68 valence electrons. The summed E-state index contributed by atoms with van der Waals surface area (Å²) in [6.07, 6.45) is 6.40. The molecule has 0 aliphatic carbocycles. The van der Waals surface area contributed by atoms with Crippen molar-refractivity contribution in [2.75, 3.05) is 0 Å². The molecule has 12 heavy (non-hydrogen) atoms. The van der Waals surface area contributed by atoms with Crippen LogP contribution in [0, 0.1) is 0 Å². The molecule has 0 saturated carbocycles. The second-order valence-electron chi connectivity index (χ2n) is 1.78. The number of allylic oxidation sites excluding steroid dienone is 5. The van der Waals surface area contributed by atoms with Crippen molar-refractivity contribution in [3.8, 4) is 0 Å². The topological polar surface area (TPSA) is 40.5 Å². The first-order chi connectivity index (χ1) is 5.72. The predicted octanol–water partition coefficient (Wildman–Crippen LogP) is 1.71. The zero-order chi connectivity index (χ0) is 9.98. The van der Waals surface area contributed by atoms with E-state index in [1.807, 2.05) is 13.8 Å². The van der Waals surface area contributed by atoms with Crippen molar-refractivity contribution < 1.29 is 10.0 Å². The van der Waals surface area contributed by atoms with Gasteiger partial charge in [0.2, 0.25) is 0 Å². The van der Waals surface area contributed by atoms with E-state index in [-0.39, 0.29) is 0 Å². The van der Waals surface area contributed by atoms with Gasteiger partial charge in [0.05, 0.1) is 0 Å². The molecule has 0 aromatic rings. The Kier molecular flexibility index (Phi) is 11.7. The predicted molar refractivity (Wildman–Crippen MR) is 54.6 cm³/mol. The molecule has 0 aromatic heterocycles. The van der Waals surface area contributed by atoms with Crippen LogP contribution in [0.25, 0.3) is 0 Å². The first-order valence-corrected chi connectivity index (χ1v) is 4.03. The monoisotopic (exact) mass is 168 g/mol. The summed E-state index contributed by atoms with van der Waals surface area (Å²) < 4.78 is 0. The second kappa shape index (κ2) is 10.2. The third kappa shape index (κ3) is 7.31. The maximum Gasteiger partial charge on any atom is 0.488 e. The van der Waals surface area contributed by atoms with Crippen LogP contribution in [0.1, 0.15) is 20.8 Å². The van der Waals surface area contributed by atoms with Crippen molar-refractivity contribution in [1.82, 2.24) is 0 Å². The van der Waals surface area contributed by atoms with Gasteiger partial charge in [-0.05, 0) is 12.4 Å². The quantitative estimate of drug-likeness (QED) is 0.497. The van der Waals surface area contributed by atoms with E-state index < -0.39 is 7.12 Å². The summed E-state index contributed by atoms with van der Waals surface area (Å²) in [5.74, 6) is 0. The molecule has 0 fully saturated rings. The van der Waals surface area contributed by atoms with Gasteiger partial charge in [0.25, 0.3) is 0 Å². The van der Waals surface area contributed by atoms with Gasteiger partial charge in [-0.15, -0.1) is 0 Å². The third-order valence-corrected chi connectivity index (χ3v) is 0.968. The van der Waals surface area contributed by atoms with Crippen LogP contribution in [0.15, 0.2) is 36.4 Å². The first kappa shape index (κ1) is 13.8. The smallest absolute Gasteiger partial charge is 0.423 e. The Hall–Kier alpha value is -0.795. The lowest BCUT2D eigenvalue weighted by Gasteiger charge is -1.95. The molecule has 0 aromatic carbocycles. The van der Waals surface area contributed by atoms with E-state index in [2.05, 4.69) is 6.58 Å². The summed E-state index contributed by atoms with van der Waals surface area (Å²) >= 11 is 0. The van der Waals surface area contributed by atoms with E-state index in [4.69, 9.17) is 10.0 Å². The van der Waals surface area contributed by atoms with Crippen LogP contribution in [0.3, 0.4) is 0 Å². The average molecular weight is 168 g/mol. The van der Waals surface area contributed by atoms with Crippen molar-refractivity contribution in [1.29, 1.82) is 0 Å². The minimum absolute atomic E-state index is 0.442. The van der Waals surface area contributed by atoms with Crippen molar-refractivity contribution >= 4 is 7.12 Å². The lowest BCUT2D eigenvalue weighted by molar-refractivity contribution is 0.420.